The fraction of sp³-hybridized carbons (Fsp3) is 0.462. The van der Waals surface area contributed by atoms with Crippen molar-refractivity contribution in [2.24, 2.45) is 5.84 Å². The number of rotatable bonds is 2. The number of anilines is 1. The van der Waals surface area contributed by atoms with Gasteiger partial charge in [0.2, 0.25) is 0 Å². The smallest absolute Gasteiger partial charge is 0.254 e. The van der Waals surface area contributed by atoms with E-state index < -0.39 is 5.60 Å². The van der Waals surface area contributed by atoms with Gasteiger partial charge in [0.1, 0.15) is 0 Å². The zero-order valence-electron chi connectivity index (χ0n) is 10.7. The fourth-order valence-corrected chi connectivity index (χ4v) is 2.28. The maximum Gasteiger partial charge on any atom is 0.254 e. The van der Waals surface area contributed by atoms with Crippen LogP contribution in [0, 0.1) is 6.92 Å². The number of hydrazine groups is 1. The molecule has 1 fully saturated rings. The van der Waals surface area contributed by atoms with Crippen LogP contribution in [-0.4, -0.2) is 34.6 Å². The highest BCUT2D eigenvalue weighted by Crippen LogP contribution is 2.24. The lowest BCUT2D eigenvalue weighted by molar-refractivity contribution is 0.0571. The second-order valence-electron chi connectivity index (χ2n) is 5.15. The first-order valence-corrected chi connectivity index (χ1v) is 6.02. The number of nitrogens with two attached hydrogens (primary N) is 1. The van der Waals surface area contributed by atoms with Crippen molar-refractivity contribution in [1.29, 1.82) is 0 Å². The van der Waals surface area contributed by atoms with Gasteiger partial charge in [-0.25, -0.2) is 0 Å². The average molecular weight is 249 g/mol. The lowest BCUT2D eigenvalue weighted by Crippen LogP contribution is -2.34. The molecular weight excluding hydrogens is 230 g/mol. The molecule has 2 rings (SSSR count). The molecule has 0 aliphatic carbocycles. The molecule has 0 spiro atoms. The van der Waals surface area contributed by atoms with Crippen LogP contribution < -0.4 is 11.3 Å². The number of nitrogens with zero attached hydrogens (tertiary/aromatic N) is 1. The van der Waals surface area contributed by atoms with E-state index in [4.69, 9.17) is 5.84 Å². The topological polar surface area (TPSA) is 78.6 Å². The van der Waals surface area contributed by atoms with Crippen molar-refractivity contribution in [2.45, 2.75) is 25.9 Å². The van der Waals surface area contributed by atoms with Gasteiger partial charge in [-0.05, 0) is 44.0 Å². The maximum absolute atomic E-state index is 12.3. The van der Waals surface area contributed by atoms with Gasteiger partial charge in [0.25, 0.3) is 5.91 Å². The van der Waals surface area contributed by atoms with Crippen LogP contribution in [0.4, 0.5) is 5.69 Å². The molecule has 1 heterocycles. The molecule has 1 unspecified atom stereocenters. The number of carbonyl (C=O) groups is 1. The van der Waals surface area contributed by atoms with Gasteiger partial charge in [0.05, 0.1) is 5.60 Å². The van der Waals surface area contributed by atoms with E-state index >= 15 is 0 Å². The number of β-amino-alcohol motifs (C(OH)–C–C–N with tert-alkyl or cyclic N) is 1. The summed E-state index contributed by atoms with van der Waals surface area (Å²) < 4.78 is 0. The summed E-state index contributed by atoms with van der Waals surface area (Å²) in [5.41, 5.74) is 4.10. The Morgan fingerprint density at radius 2 is 2.28 bits per heavy atom. The zero-order chi connectivity index (χ0) is 13.3. The molecule has 18 heavy (non-hydrogen) atoms. The van der Waals surface area contributed by atoms with E-state index in [2.05, 4.69) is 5.43 Å². The Labute approximate surface area is 107 Å². The van der Waals surface area contributed by atoms with Gasteiger partial charge >= 0.3 is 0 Å². The Hall–Kier alpha value is -1.59. The first-order valence-electron chi connectivity index (χ1n) is 6.02. The third-order valence-corrected chi connectivity index (χ3v) is 3.36. The quantitative estimate of drug-likeness (QED) is 0.537. The van der Waals surface area contributed by atoms with Crippen molar-refractivity contribution < 1.29 is 9.90 Å². The molecule has 0 radical (unpaired) electrons. The molecule has 1 aromatic carbocycles. The Morgan fingerprint density at radius 3 is 2.78 bits per heavy atom. The van der Waals surface area contributed by atoms with E-state index in [0.717, 1.165) is 11.3 Å². The second-order valence-corrected chi connectivity index (χ2v) is 5.15. The maximum atomic E-state index is 12.3. The normalized spacial score (nSPS) is 23.2. The first kappa shape index (κ1) is 12.9. The summed E-state index contributed by atoms with van der Waals surface area (Å²) in [6.45, 7) is 4.63. The monoisotopic (exact) mass is 249 g/mol. The number of nitrogens with one attached hydrogen (secondary N) is 1. The van der Waals surface area contributed by atoms with Gasteiger partial charge in [0, 0.05) is 24.3 Å². The highest BCUT2D eigenvalue weighted by Gasteiger charge is 2.34. The summed E-state index contributed by atoms with van der Waals surface area (Å²) in [4.78, 5) is 14.0. The van der Waals surface area contributed by atoms with Crippen LogP contribution in [0.3, 0.4) is 0 Å². The van der Waals surface area contributed by atoms with Gasteiger partial charge in [0.15, 0.2) is 0 Å². The van der Waals surface area contributed by atoms with Crippen molar-refractivity contribution in [3.05, 3.63) is 29.3 Å². The Kier molecular flexibility index (Phi) is 3.28. The van der Waals surface area contributed by atoms with Crippen LogP contribution in [0.15, 0.2) is 18.2 Å². The Balaban J connectivity index is 2.19. The summed E-state index contributed by atoms with van der Waals surface area (Å²) in [5.74, 6) is 5.29. The van der Waals surface area contributed by atoms with Crippen LogP contribution in [-0.2, 0) is 0 Å². The molecule has 1 amide bonds. The predicted molar refractivity (Wildman–Crippen MR) is 70.1 cm³/mol. The molecule has 5 nitrogen and oxygen atoms in total. The largest absolute Gasteiger partial charge is 0.388 e. The van der Waals surface area contributed by atoms with Crippen LogP contribution in [0.2, 0.25) is 0 Å². The second kappa shape index (κ2) is 4.59. The minimum absolute atomic E-state index is 0.0335. The lowest BCUT2D eigenvalue weighted by Gasteiger charge is -2.20. The van der Waals surface area contributed by atoms with Crippen molar-refractivity contribution in [2.75, 3.05) is 18.5 Å². The number of benzene rings is 1. The average Bonchev–Trinajstić information content (AvgIpc) is 2.68. The molecular formula is C13H19N3O2. The third-order valence-electron chi connectivity index (χ3n) is 3.36. The predicted octanol–water partition coefficient (Wildman–Crippen LogP) is 0.878. The van der Waals surface area contributed by atoms with E-state index in [1.165, 1.54) is 0 Å². The number of aryl methyl sites for hydroxylation is 1. The minimum atomic E-state index is -0.762. The number of hydrogen-bond donors (Lipinski definition) is 3. The van der Waals surface area contributed by atoms with Crippen molar-refractivity contribution in [3.8, 4) is 0 Å². The van der Waals surface area contributed by atoms with E-state index in [-0.39, 0.29) is 5.91 Å². The molecule has 4 N–H and O–H groups in total. The molecule has 1 aliphatic heterocycles. The fourth-order valence-electron chi connectivity index (χ4n) is 2.28. The van der Waals surface area contributed by atoms with Gasteiger partial charge in [-0.3, -0.25) is 10.6 Å². The SMILES string of the molecule is Cc1cc(NN)ccc1C(=O)N1CCC(C)(O)C1. The van der Waals surface area contributed by atoms with Gasteiger partial charge in [-0.1, -0.05) is 0 Å². The summed E-state index contributed by atoms with van der Waals surface area (Å²) in [6.07, 6.45) is 0.625. The van der Waals surface area contributed by atoms with Crippen molar-refractivity contribution >= 4 is 11.6 Å². The van der Waals surface area contributed by atoms with Crippen LogP contribution in [0.25, 0.3) is 0 Å². The molecule has 1 aromatic rings. The van der Waals surface area contributed by atoms with E-state index in [9.17, 15) is 9.90 Å². The first-order chi connectivity index (χ1) is 8.43. The molecule has 1 atom stereocenters. The van der Waals surface area contributed by atoms with Crippen molar-refractivity contribution in [1.82, 2.24) is 4.90 Å². The van der Waals surface area contributed by atoms with Crippen molar-refractivity contribution in [3.63, 3.8) is 0 Å². The lowest BCUT2D eigenvalue weighted by atomic mass is 10.1. The summed E-state index contributed by atoms with van der Waals surface area (Å²) in [7, 11) is 0. The highest BCUT2D eigenvalue weighted by atomic mass is 16.3. The standard InChI is InChI=1S/C13H19N3O2/c1-9-7-10(15-14)3-4-11(9)12(17)16-6-5-13(2,18)8-16/h3-4,7,15,18H,5-6,8,14H2,1-2H3. The zero-order valence-corrected chi connectivity index (χ0v) is 10.7. The number of likely N-dealkylation sites (tertiary alicyclic amines) is 1. The molecule has 0 aromatic heterocycles. The summed E-state index contributed by atoms with van der Waals surface area (Å²) in [6, 6.07) is 5.37. The van der Waals surface area contributed by atoms with Gasteiger partial charge < -0.3 is 15.4 Å². The minimum Gasteiger partial charge on any atom is -0.388 e. The molecule has 0 bridgehead atoms. The third kappa shape index (κ3) is 2.47. The molecule has 1 saturated heterocycles. The van der Waals surface area contributed by atoms with Crippen LogP contribution in [0.5, 0.6) is 0 Å². The van der Waals surface area contributed by atoms with Crippen LogP contribution >= 0.6 is 0 Å². The van der Waals surface area contributed by atoms with E-state index in [1.54, 1.807) is 24.0 Å². The summed E-state index contributed by atoms with van der Waals surface area (Å²) in [5, 5.41) is 9.89. The number of nitrogen functional groups attached to an aromatic ring is 1. The molecule has 0 saturated carbocycles. The highest BCUT2D eigenvalue weighted by molar-refractivity contribution is 5.96. The molecule has 5 heteroatoms. The van der Waals surface area contributed by atoms with E-state index in [1.807, 2.05) is 13.0 Å². The number of carbonyl (C=O) groups excluding carboxylic acids is 1. The van der Waals surface area contributed by atoms with E-state index in [0.29, 0.717) is 25.1 Å². The summed E-state index contributed by atoms with van der Waals surface area (Å²) >= 11 is 0. The number of hydrogen-bond acceptors (Lipinski definition) is 4. The molecule has 98 valence electrons. The number of amides is 1. The molecule has 1 aliphatic rings. The number of aliphatic hydroxyl groups is 1. The Bertz CT molecular complexity index is 471. The Morgan fingerprint density at radius 1 is 1.56 bits per heavy atom. The van der Waals surface area contributed by atoms with Crippen LogP contribution in [0.1, 0.15) is 29.3 Å². The van der Waals surface area contributed by atoms with Gasteiger partial charge in [-0.2, -0.15) is 0 Å². The van der Waals surface area contributed by atoms with Gasteiger partial charge in [-0.15, -0.1) is 0 Å².